The van der Waals surface area contributed by atoms with Gasteiger partial charge in [-0.05, 0) is 37.1 Å². The van der Waals surface area contributed by atoms with Crippen molar-refractivity contribution in [1.29, 1.82) is 0 Å². The summed E-state index contributed by atoms with van der Waals surface area (Å²) in [7, 11) is 0. The highest BCUT2D eigenvalue weighted by Gasteiger charge is 2.16. The lowest BCUT2D eigenvalue weighted by Crippen LogP contribution is -2.01. The van der Waals surface area contributed by atoms with Crippen LogP contribution in [0, 0.1) is 13.8 Å². The zero-order chi connectivity index (χ0) is 12.6. The van der Waals surface area contributed by atoms with Crippen LogP contribution in [0.5, 0.6) is 0 Å². The molecule has 4 heteroatoms. The summed E-state index contributed by atoms with van der Waals surface area (Å²) in [5.41, 5.74) is 2.37. The van der Waals surface area contributed by atoms with Crippen LogP contribution in [0.15, 0.2) is 24.3 Å². The van der Waals surface area contributed by atoms with Gasteiger partial charge in [0.1, 0.15) is 0 Å². The van der Waals surface area contributed by atoms with Crippen molar-refractivity contribution >= 4 is 40.3 Å². The first kappa shape index (κ1) is 12.6. The zero-order valence-electron chi connectivity index (χ0n) is 9.38. The van der Waals surface area contributed by atoms with Crippen LogP contribution in [0.3, 0.4) is 0 Å². The van der Waals surface area contributed by atoms with E-state index in [1.807, 2.05) is 19.9 Å². The molecule has 1 aromatic carbocycles. The van der Waals surface area contributed by atoms with E-state index in [1.165, 1.54) is 11.3 Å². The highest BCUT2D eigenvalue weighted by molar-refractivity contribution is 7.18. The van der Waals surface area contributed by atoms with Gasteiger partial charge in [0.2, 0.25) is 5.78 Å². The van der Waals surface area contributed by atoms with Crippen LogP contribution < -0.4 is 0 Å². The maximum atomic E-state index is 12.3. The normalized spacial score (nSPS) is 10.6. The first-order valence-corrected chi connectivity index (χ1v) is 6.63. The predicted octanol–water partition coefficient (Wildman–Crippen LogP) is 4.90. The Morgan fingerprint density at radius 3 is 2.53 bits per heavy atom. The van der Waals surface area contributed by atoms with E-state index in [9.17, 15) is 4.79 Å². The Kier molecular flexibility index (Phi) is 3.57. The van der Waals surface area contributed by atoms with E-state index in [1.54, 1.807) is 18.2 Å². The lowest BCUT2D eigenvalue weighted by atomic mass is 10.0. The molecule has 0 amide bonds. The van der Waals surface area contributed by atoms with E-state index in [0.29, 0.717) is 19.8 Å². The fourth-order valence-electron chi connectivity index (χ4n) is 1.56. The molecule has 0 bridgehead atoms. The molecule has 0 spiro atoms. The summed E-state index contributed by atoms with van der Waals surface area (Å²) in [6.45, 7) is 3.73. The molecule has 0 unspecified atom stereocenters. The van der Waals surface area contributed by atoms with Gasteiger partial charge in [-0.1, -0.05) is 35.3 Å². The number of ketones is 1. The average Bonchev–Trinajstić information content (AvgIpc) is 2.62. The summed E-state index contributed by atoms with van der Waals surface area (Å²) in [6.07, 6.45) is 0. The summed E-state index contributed by atoms with van der Waals surface area (Å²) < 4.78 is 0.660. The van der Waals surface area contributed by atoms with Crippen LogP contribution in [0.2, 0.25) is 9.36 Å². The lowest BCUT2D eigenvalue weighted by molar-refractivity contribution is 0.104. The van der Waals surface area contributed by atoms with Crippen LogP contribution in [0.1, 0.15) is 26.4 Å². The molecular weight excluding hydrogens is 275 g/mol. The van der Waals surface area contributed by atoms with Gasteiger partial charge in [-0.15, -0.1) is 11.3 Å². The SMILES string of the molecule is Cc1cc(C(=O)c2cccc(Cl)c2C)sc1Cl. The van der Waals surface area contributed by atoms with Gasteiger partial charge in [-0.3, -0.25) is 4.79 Å². The van der Waals surface area contributed by atoms with Gasteiger partial charge in [0, 0.05) is 10.6 Å². The molecule has 1 nitrogen and oxygen atoms in total. The van der Waals surface area contributed by atoms with Gasteiger partial charge in [-0.2, -0.15) is 0 Å². The zero-order valence-corrected chi connectivity index (χ0v) is 11.7. The lowest BCUT2D eigenvalue weighted by Gasteiger charge is -2.04. The highest BCUT2D eigenvalue weighted by atomic mass is 35.5. The van der Waals surface area contributed by atoms with Crippen molar-refractivity contribution < 1.29 is 4.79 Å². The summed E-state index contributed by atoms with van der Waals surface area (Å²) >= 11 is 13.3. The molecule has 0 N–H and O–H groups in total. The predicted molar refractivity (Wildman–Crippen MR) is 73.7 cm³/mol. The van der Waals surface area contributed by atoms with Gasteiger partial charge in [0.05, 0.1) is 9.21 Å². The van der Waals surface area contributed by atoms with Crippen molar-refractivity contribution in [1.82, 2.24) is 0 Å². The van der Waals surface area contributed by atoms with Gasteiger partial charge in [0.25, 0.3) is 0 Å². The summed E-state index contributed by atoms with van der Waals surface area (Å²) in [5, 5.41) is 0.607. The second-order valence-electron chi connectivity index (χ2n) is 3.81. The Morgan fingerprint density at radius 2 is 1.94 bits per heavy atom. The number of carbonyl (C=O) groups is 1. The monoisotopic (exact) mass is 284 g/mol. The van der Waals surface area contributed by atoms with Crippen LogP contribution in [-0.2, 0) is 0 Å². The van der Waals surface area contributed by atoms with Crippen LogP contribution in [0.25, 0.3) is 0 Å². The topological polar surface area (TPSA) is 17.1 Å². The van der Waals surface area contributed by atoms with Crippen molar-refractivity contribution in [2.45, 2.75) is 13.8 Å². The molecule has 0 aliphatic carbocycles. The fraction of sp³-hybridized carbons (Fsp3) is 0.154. The van der Waals surface area contributed by atoms with Gasteiger partial charge in [-0.25, -0.2) is 0 Å². The number of aryl methyl sites for hydroxylation is 1. The standard InChI is InChI=1S/C13H10Cl2OS/c1-7-6-11(17-13(7)15)12(16)9-4-3-5-10(14)8(9)2/h3-6H,1-2H3. The van der Waals surface area contributed by atoms with Crippen molar-refractivity contribution in [2.75, 3.05) is 0 Å². The molecule has 0 fully saturated rings. The Hall–Kier alpha value is -0.830. The molecule has 17 heavy (non-hydrogen) atoms. The van der Waals surface area contributed by atoms with E-state index in [-0.39, 0.29) is 5.78 Å². The first-order valence-electron chi connectivity index (χ1n) is 5.06. The van der Waals surface area contributed by atoms with E-state index in [4.69, 9.17) is 23.2 Å². The van der Waals surface area contributed by atoms with E-state index in [0.717, 1.165) is 11.1 Å². The van der Waals surface area contributed by atoms with Crippen LogP contribution in [0.4, 0.5) is 0 Å². The van der Waals surface area contributed by atoms with Crippen LogP contribution >= 0.6 is 34.5 Å². The quantitative estimate of drug-likeness (QED) is 0.717. The molecule has 1 heterocycles. The Bertz CT molecular complexity index is 568. The summed E-state index contributed by atoms with van der Waals surface area (Å²) in [6, 6.07) is 7.16. The number of halogens is 2. The minimum atomic E-state index is -0.0231. The van der Waals surface area contributed by atoms with Crippen molar-refractivity contribution in [3.05, 3.63) is 55.2 Å². The third kappa shape index (κ3) is 2.39. The highest BCUT2D eigenvalue weighted by Crippen LogP contribution is 2.30. The van der Waals surface area contributed by atoms with Crippen molar-refractivity contribution in [3.63, 3.8) is 0 Å². The maximum absolute atomic E-state index is 12.3. The molecule has 0 aliphatic rings. The van der Waals surface area contributed by atoms with Crippen LogP contribution in [-0.4, -0.2) is 5.78 Å². The average molecular weight is 285 g/mol. The molecule has 0 atom stereocenters. The molecular formula is C13H10Cl2OS. The molecule has 0 radical (unpaired) electrons. The van der Waals surface area contributed by atoms with Crippen molar-refractivity contribution in [2.24, 2.45) is 0 Å². The first-order chi connectivity index (χ1) is 8.00. The van der Waals surface area contributed by atoms with Crippen molar-refractivity contribution in [3.8, 4) is 0 Å². The fourth-order valence-corrected chi connectivity index (χ4v) is 2.89. The molecule has 2 rings (SSSR count). The number of hydrogen-bond donors (Lipinski definition) is 0. The van der Waals surface area contributed by atoms with Gasteiger partial charge >= 0.3 is 0 Å². The minimum absolute atomic E-state index is 0.0231. The number of rotatable bonds is 2. The molecule has 0 aliphatic heterocycles. The Morgan fingerprint density at radius 1 is 1.24 bits per heavy atom. The number of thiophene rings is 1. The molecule has 1 aromatic heterocycles. The summed E-state index contributed by atoms with van der Waals surface area (Å²) in [4.78, 5) is 12.9. The summed E-state index contributed by atoms with van der Waals surface area (Å²) in [5.74, 6) is -0.0231. The number of carbonyl (C=O) groups excluding carboxylic acids is 1. The van der Waals surface area contributed by atoms with E-state index >= 15 is 0 Å². The molecule has 88 valence electrons. The molecule has 0 saturated carbocycles. The molecule has 0 saturated heterocycles. The second-order valence-corrected chi connectivity index (χ2v) is 5.87. The Labute approximate surface area is 114 Å². The maximum Gasteiger partial charge on any atom is 0.203 e. The minimum Gasteiger partial charge on any atom is -0.288 e. The second kappa shape index (κ2) is 4.81. The van der Waals surface area contributed by atoms with E-state index < -0.39 is 0 Å². The van der Waals surface area contributed by atoms with Gasteiger partial charge < -0.3 is 0 Å². The third-order valence-electron chi connectivity index (χ3n) is 2.59. The number of benzene rings is 1. The number of hydrogen-bond acceptors (Lipinski definition) is 2. The smallest absolute Gasteiger partial charge is 0.203 e. The van der Waals surface area contributed by atoms with E-state index in [2.05, 4.69) is 0 Å². The van der Waals surface area contributed by atoms with Gasteiger partial charge in [0.15, 0.2) is 0 Å². The third-order valence-corrected chi connectivity index (χ3v) is 4.56. The Balaban J connectivity index is 2.47. The molecule has 2 aromatic rings. The largest absolute Gasteiger partial charge is 0.288 e.